The van der Waals surface area contributed by atoms with Gasteiger partial charge in [0.1, 0.15) is 11.6 Å². The molecule has 0 amide bonds. The number of benzene rings is 1. The molecule has 1 aliphatic rings. The summed E-state index contributed by atoms with van der Waals surface area (Å²) >= 11 is 1.57. The van der Waals surface area contributed by atoms with Gasteiger partial charge in [-0.25, -0.2) is 0 Å². The first-order chi connectivity index (χ1) is 11.7. The summed E-state index contributed by atoms with van der Waals surface area (Å²) in [6.45, 7) is 4.93. The molecule has 7 nitrogen and oxygen atoms in total. The number of nitrogens with zero attached hydrogens (tertiary/aromatic N) is 4. The molecule has 24 heavy (non-hydrogen) atoms. The number of allylic oxidation sites excluding steroid dienone is 1. The topological polar surface area (TPSA) is 83.1 Å². The highest BCUT2D eigenvalue weighted by Gasteiger charge is 2.30. The van der Waals surface area contributed by atoms with Crippen molar-refractivity contribution in [1.29, 1.82) is 0 Å². The van der Waals surface area contributed by atoms with Crippen LogP contribution in [0, 0.1) is 10.1 Å². The standard InChI is InChI=1S/C16H18N4O3S/c1-2-8-19-15(12-6-7-12)17-18-16(19)24-10-9-23-14-5-3-4-13(11-14)20(21)22/h2-5,11-12H,1,6-10H2. The minimum atomic E-state index is -0.432. The highest BCUT2D eigenvalue weighted by Crippen LogP contribution is 2.40. The fourth-order valence-corrected chi connectivity index (χ4v) is 3.10. The second kappa shape index (κ2) is 7.48. The third kappa shape index (κ3) is 3.94. The molecule has 0 aliphatic heterocycles. The highest BCUT2D eigenvalue weighted by molar-refractivity contribution is 7.99. The molecule has 1 fully saturated rings. The molecule has 0 bridgehead atoms. The molecule has 2 aromatic rings. The van der Waals surface area contributed by atoms with Gasteiger partial charge in [0, 0.05) is 24.3 Å². The molecule has 0 spiro atoms. The van der Waals surface area contributed by atoms with Gasteiger partial charge in [0.25, 0.3) is 5.69 Å². The molecule has 0 N–H and O–H groups in total. The molecule has 1 saturated carbocycles. The number of rotatable bonds is 9. The Balaban J connectivity index is 1.54. The molecular weight excluding hydrogens is 328 g/mol. The molecular formula is C16H18N4O3S. The van der Waals surface area contributed by atoms with E-state index in [1.807, 2.05) is 6.08 Å². The molecule has 1 heterocycles. The first-order valence-electron chi connectivity index (χ1n) is 7.73. The highest BCUT2D eigenvalue weighted by atomic mass is 32.2. The largest absolute Gasteiger partial charge is 0.492 e. The summed E-state index contributed by atoms with van der Waals surface area (Å²) < 4.78 is 7.68. The lowest BCUT2D eigenvalue weighted by Crippen LogP contribution is -2.05. The van der Waals surface area contributed by atoms with Crippen molar-refractivity contribution in [3.05, 3.63) is 52.9 Å². The van der Waals surface area contributed by atoms with Crippen LogP contribution in [0.25, 0.3) is 0 Å². The van der Waals surface area contributed by atoms with Crippen LogP contribution in [0.4, 0.5) is 5.69 Å². The monoisotopic (exact) mass is 346 g/mol. The van der Waals surface area contributed by atoms with Gasteiger partial charge in [-0.1, -0.05) is 23.9 Å². The van der Waals surface area contributed by atoms with Gasteiger partial charge in [-0.3, -0.25) is 10.1 Å². The SMILES string of the molecule is C=CCn1c(SCCOc2cccc([N+](=O)[O-])c2)nnc1C1CC1. The summed E-state index contributed by atoms with van der Waals surface area (Å²) in [5.41, 5.74) is 0.0277. The van der Waals surface area contributed by atoms with Gasteiger partial charge >= 0.3 is 0 Å². The summed E-state index contributed by atoms with van der Waals surface area (Å²) in [7, 11) is 0. The zero-order valence-electron chi connectivity index (χ0n) is 13.1. The lowest BCUT2D eigenvalue weighted by molar-refractivity contribution is -0.384. The number of aromatic nitrogens is 3. The van der Waals surface area contributed by atoms with Gasteiger partial charge in [0.15, 0.2) is 5.16 Å². The van der Waals surface area contributed by atoms with E-state index in [-0.39, 0.29) is 5.69 Å². The van der Waals surface area contributed by atoms with E-state index >= 15 is 0 Å². The maximum absolute atomic E-state index is 10.7. The van der Waals surface area contributed by atoms with Crippen LogP contribution in [-0.4, -0.2) is 32.0 Å². The van der Waals surface area contributed by atoms with E-state index in [2.05, 4.69) is 21.3 Å². The summed E-state index contributed by atoms with van der Waals surface area (Å²) in [5, 5.41) is 20.2. The summed E-state index contributed by atoms with van der Waals surface area (Å²) in [5.74, 6) is 2.75. The Morgan fingerprint density at radius 2 is 2.29 bits per heavy atom. The van der Waals surface area contributed by atoms with Crippen molar-refractivity contribution in [3.8, 4) is 5.75 Å². The Kier molecular flexibility index (Phi) is 5.14. The number of nitro benzene ring substituents is 1. The third-order valence-corrected chi connectivity index (χ3v) is 4.54. The molecule has 1 aliphatic carbocycles. The normalized spacial score (nSPS) is 13.7. The van der Waals surface area contributed by atoms with E-state index in [0.29, 0.717) is 30.6 Å². The first-order valence-corrected chi connectivity index (χ1v) is 8.71. The van der Waals surface area contributed by atoms with E-state index in [1.54, 1.807) is 23.9 Å². The molecule has 1 aromatic heterocycles. The fraction of sp³-hybridized carbons (Fsp3) is 0.375. The molecule has 1 aromatic carbocycles. The van der Waals surface area contributed by atoms with Crippen LogP contribution < -0.4 is 4.74 Å². The van der Waals surface area contributed by atoms with E-state index in [4.69, 9.17) is 4.74 Å². The number of nitro groups is 1. The number of hydrogen-bond donors (Lipinski definition) is 0. The van der Waals surface area contributed by atoms with E-state index in [0.717, 1.165) is 11.0 Å². The molecule has 0 radical (unpaired) electrons. The average Bonchev–Trinajstić information content (AvgIpc) is 3.35. The second-order valence-corrected chi connectivity index (χ2v) is 6.53. The smallest absolute Gasteiger partial charge is 0.273 e. The Hall–Kier alpha value is -2.35. The Bertz CT molecular complexity index is 743. The van der Waals surface area contributed by atoms with Gasteiger partial charge in [-0.05, 0) is 18.9 Å². The fourth-order valence-electron chi connectivity index (χ4n) is 2.33. The quantitative estimate of drug-likeness (QED) is 0.227. The van der Waals surface area contributed by atoms with E-state index in [1.165, 1.54) is 25.0 Å². The number of thioether (sulfide) groups is 1. The van der Waals surface area contributed by atoms with Crippen LogP contribution in [0.1, 0.15) is 24.6 Å². The predicted molar refractivity (Wildman–Crippen MR) is 91.5 cm³/mol. The second-order valence-electron chi connectivity index (χ2n) is 5.47. The molecule has 0 atom stereocenters. The van der Waals surface area contributed by atoms with Crippen molar-refractivity contribution < 1.29 is 9.66 Å². The average molecular weight is 346 g/mol. The van der Waals surface area contributed by atoms with Gasteiger partial charge in [-0.2, -0.15) is 0 Å². The summed E-state index contributed by atoms with van der Waals surface area (Å²) in [6, 6.07) is 6.20. The molecule has 0 unspecified atom stereocenters. The molecule has 3 rings (SSSR count). The number of non-ortho nitro benzene ring substituents is 1. The van der Waals surface area contributed by atoms with Crippen molar-refractivity contribution >= 4 is 17.4 Å². The summed E-state index contributed by atoms with van der Waals surface area (Å²) in [6.07, 6.45) is 4.20. The minimum absolute atomic E-state index is 0.0277. The molecule has 0 saturated heterocycles. The van der Waals surface area contributed by atoms with Crippen molar-refractivity contribution in [3.63, 3.8) is 0 Å². The van der Waals surface area contributed by atoms with E-state index in [9.17, 15) is 10.1 Å². The van der Waals surface area contributed by atoms with Crippen molar-refractivity contribution in [1.82, 2.24) is 14.8 Å². The minimum Gasteiger partial charge on any atom is -0.492 e. The lowest BCUT2D eigenvalue weighted by atomic mass is 10.3. The van der Waals surface area contributed by atoms with Crippen LogP contribution >= 0.6 is 11.8 Å². The predicted octanol–water partition coefficient (Wildman–Crippen LogP) is 3.42. The van der Waals surface area contributed by atoms with Gasteiger partial charge in [0.05, 0.1) is 17.6 Å². The van der Waals surface area contributed by atoms with Gasteiger partial charge < -0.3 is 9.30 Å². The van der Waals surface area contributed by atoms with Crippen LogP contribution in [0.15, 0.2) is 42.1 Å². The maximum atomic E-state index is 10.7. The van der Waals surface area contributed by atoms with Crippen LogP contribution in [0.2, 0.25) is 0 Å². The Morgan fingerprint density at radius 3 is 3.00 bits per heavy atom. The van der Waals surface area contributed by atoms with Crippen LogP contribution in [0.3, 0.4) is 0 Å². The molecule has 8 heteroatoms. The first kappa shape index (κ1) is 16.5. The zero-order chi connectivity index (χ0) is 16.9. The van der Waals surface area contributed by atoms with Gasteiger partial charge in [-0.15, -0.1) is 16.8 Å². The van der Waals surface area contributed by atoms with Crippen LogP contribution in [0.5, 0.6) is 5.75 Å². The maximum Gasteiger partial charge on any atom is 0.273 e. The Morgan fingerprint density at radius 1 is 1.46 bits per heavy atom. The van der Waals surface area contributed by atoms with Gasteiger partial charge in [0.2, 0.25) is 0 Å². The van der Waals surface area contributed by atoms with Crippen molar-refractivity contribution in [2.24, 2.45) is 0 Å². The van der Waals surface area contributed by atoms with Crippen molar-refractivity contribution in [2.45, 2.75) is 30.5 Å². The van der Waals surface area contributed by atoms with E-state index < -0.39 is 4.92 Å². The Labute approximate surface area is 143 Å². The zero-order valence-corrected chi connectivity index (χ0v) is 13.9. The lowest BCUT2D eigenvalue weighted by Gasteiger charge is -2.08. The van der Waals surface area contributed by atoms with Crippen molar-refractivity contribution in [2.75, 3.05) is 12.4 Å². The van der Waals surface area contributed by atoms with Crippen LogP contribution in [-0.2, 0) is 6.54 Å². The number of ether oxygens (including phenoxy) is 1. The third-order valence-electron chi connectivity index (χ3n) is 3.61. The molecule has 126 valence electrons. The number of hydrogen-bond acceptors (Lipinski definition) is 6. The summed E-state index contributed by atoms with van der Waals surface area (Å²) in [4.78, 5) is 10.3.